The van der Waals surface area contributed by atoms with Crippen LogP contribution in [0.15, 0.2) is 6.07 Å². The van der Waals surface area contributed by atoms with Gasteiger partial charge in [-0.15, -0.1) is 11.3 Å². The number of fused-ring (bicyclic) bond motifs is 1. The van der Waals surface area contributed by atoms with Gasteiger partial charge in [-0.05, 0) is 37.7 Å². The predicted octanol–water partition coefficient (Wildman–Crippen LogP) is 4.81. The molecule has 0 N–H and O–H groups in total. The molecular formula is C14H17ClN2S. The van der Waals surface area contributed by atoms with Gasteiger partial charge in [-0.3, -0.25) is 0 Å². The Morgan fingerprint density at radius 1 is 1.39 bits per heavy atom. The summed E-state index contributed by atoms with van der Waals surface area (Å²) >= 11 is 8.05. The van der Waals surface area contributed by atoms with Crippen LogP contribution in [0.1, 0.15) is 49.7 Å². The van der Waals surface area contributed by atoms with Crippen molar-refractivity contribution < 1.29 is 0 Å². The molecule has 2 unspecified atom stereocenters. The Balaban J connectivity index is 2.03. The summed E-state index contributed by atoms with van der Waals surface area (Å²) < 4.78 is 0. The number of aromatic nitrogens is 2. The van der Waals surface area contributed by atoms with Gasteiger partial charge in [0.05, 0.1) is 0 Å². The molecular weight excluding hydrogens is 264 g/mol. The lowest BCUT2D eigenvalue weighted by Gasteiger charge is -2.08. The molecule has 2 atom stereocenters. The number of nitrogens with zero attached hydrogens (tertiary/aromatic N) is 2. The SMILES string of the molecule is CCc1cc2c(Cl)nc(C3CCC(C)C3)nc2s1. The van der Waals surface area contributed by atoms with Gasteiger partial charge in [0, 0.05) is 16.2 Å². The maximum atomic E-state index is 6.30. The fourth-order valence-electron chi connectivity index (χ4n) is 2.75. The fraction of sp³-hybridized carbons (Fsp3) is 0.571. The number of aryl methyl sites for hydroxylation is 1. The van der Waals surface area contributed by atoms with Crippen LogP contribution in [0, 0.1) is 5.92 Å². The molecule has 0 amide bonds. The second-order valence-electron chi connectivity index (χ2n) is 5.27. The van der Waals surface area contributed by atoms with Gasteiger partial charge in [0.2, 0.25) is 0 Å². The highest BCUT2D eigenvalue weighted by atomic mass is 35.5. The summed E-state index contributed by atoms with van der Waals surface area (Å²) in [5.41, 5.74) is 0. The van der Waals surface area contributed by atoms with Gasteiger partial charge in [-0.1, -0.05) is 25.4 Å². The highest BCUT2D eigenvalue weighted by Crippen LogP contribution is 2.38. The van der Waals surface area contributed by atoms with Crippen molar-refractivity contribution in [3.05, 3.63) is 21.9 Å². The molecule has 0 bridgehead atoms. The third-order valence-electron chi connectivity index (χ3n) is 3.82. The standard InChI is InChI=1S/C14H17ClN2S/c1-3-10-7-11-12(15)16-13(17-14(11)18-10)9-5-4-8(2)6-9/h7-9H,3-6H2,1-2H3. The largest absolute Gasteiger partial charge is 0.222 e. The molecule has 0 radical (unpaired) electrons. The Labute approximate surface area is 116 Å². The molecule has 1 aliphatic rings. The minimum Gasteiger partial charge on any atom is -0.222 e. The van der Waals surface area contributed by atoms with Crippen LogP contribution in [-0.2, 0) is 6.42 Å². The molecule has 18 heavy (non-hydrogen) atoms. The molecule has 1 aliphatic carbocycles. The second-order valence-corrected chi connectivity index (χ2v) is 6.75. The maximum absolute atomic E-state index is 6.30. The number of hydrogen-bond donors (Lipinski definition) is 0. The van der Waals surface area contributed by atoms with Crippen molar-refractivity contribution in [2.75, 3.05) is 0 Å². The van der Waals surface area contributed by atoms with E-state index in [1.54, 1.807) is 11.3 Å². The molecule has 0 spiro atoms. The van der Waals surface area contributed by atoms with Gasteiger partial charge in [0.25, 0.3) is 0 Å². The topological polar surface area (TPSA) is 25.8 Å². The summed E-state index contributed by atoms with van der Waals surface area (Å²) in [6.45, 7) is 4.46. The third-order valence-corrected chi connectivity index (χ3v) is 5.28. The van der Waals surface area contributed by atoms with Crippen molar-refractivity contribution >= 4 is 33.2 Å². The van der Waals surface area contributed by atoms with E-state index in [1.165, 1.54) is 24.1 Å². The normalized spacial score (nSPS) is 23.9. The van der Waals surface area contributed by atoms with E-state index in [4.69, 9.17) is 16.6 Å². The molecule has 2 heterocycles. The fourth-order valence-corrected chi connectivity index (χ4v) is 4.01. The summed E-state index contributed by atoms with van der Waals surface area (Å²) in [7, 11) is 0. The van der Waals surface area contributed by atoms with Gasteiger partial charge >= 0.3 is 0 Å². The summed E-state index contributed by atoms with van der Waals surface area (Å²) in [4.78, 5) is 11.7. The average Bonchev–Trinajstić information content (AvgIpc) is 2.94. The summed E-state index contributed by atoms with van der Waals surface area (Å²) in [5, 5.41) is 1.65. The Morgan fingerprint density at radius 2 is 2.22 bits per heavy atom. The number of thiophene rings is 1. The Kier molecular flexibility index (Phi) is 3.29. The van der Waals surface area contributed by atoms with Gasteiger partial charge in [0.15, 0.2) is 0 Å². The van der Waals surface area contributed by atoms with E-state index in [-0.39, 0.29) is 0 Å². The molecule has 1 saturated carbocycles. The van der Waals surface area contributed by atoms with Crippen LogP contribution in [-0.4, -0.2) is 9.97 Å². The monoisotopic (exact) mass is 280 g/mol. The maximum Gasteiger partial charge on any atom is 0.141 e. The highest BCUT2D eigenvalue weighted by Gasteiger charge is 2.26. The Hall–Kier alpha value is -0.670. The van der Waals surface area contributed by atoms with E-state index >= 15 is 0 Å². The lowest BCUT2D eigenvalue weighted by molar-refractivity contribution is 0.586. The zero-order valence-electron chi connectivity index (χ0n) is 10.7. The smallest absolute Gasteiger partial charge is 0.141 e. The van der Waals surface area contributed by atoms with E-state index in [1.807, 2.05) is 0 Å². The molecule has 2 aromatic heterocycles. The first kappa shape index (κ1) is 12.4. The van der Waals surface area contributed by atoms with Crippen LogP contribution in [0.3, 0.4) is 0 Å². The molecule has 96 valence electrons. The molecule has 4 heteroatoms. The van der Waals surface area contributed by atoms with Crippen molar-refractivity contribution in [1.29, 1.82) is 0 Å². The minimum atomic E-state index is 0.508. The summed E-state index contributed by atoms with van der Waals surface area (Å²) in [6, 6.07) is 2.13. The molecule has 3 rings (SSSR count). The van der Waals surface area contributed by atoms with E-state index < -0.39 is 0 Å². The zero-order chi connectivity index (χ0) is 12.7. The van der Waals surface area contributed by atoms with Gasteiger partial charge in [-0.25, -0.2) is 9.97 Å². The van der Waals surface area contributed by atoms with Crippen LogP contribution in [0.25, 0.3) is 10.2 Å². The second kappa shape index (κ2) is 4.78. The van der Waals surface area contributed by atoms with Gasteiger partial charge in [-0.2, -0.15) is 0 Å². The molecule has 0 saturated heterocycles. The minimum absolute atomic E-state index is 0.508. The first-order valence-corrected chi connectivity index (χ1v) is 7.82. The first-order valence-electron chi connectivity index (χ1n) is 6.63. The van der Waals surface area contributed by atoms with E-state index in [2.05, 4.69) is 24.9 Å². The van der Waals surface area contributed by atoms with E-state index in [9.17, 15) is 0 Å². The van der Waals surface area contributed by atoms with E-state index in [0.717, 1.165) is 28.4 Å². The van der Waals surface area contributed by atoms with Gasteiger partial charge in [0.1, 0.15) is 15.8 Å². The van der Waals surface area contributed by atoms with Crippen LogP contribution in [0.2, 0.25) is 5.15 Å². The molecule has 0 aromatic carbocycles. The lowest BCUT2D eigenvalue weighted by Crippen LogP contribution is -2.01. The van der Waals surface area contributed by atoms with Crippen LogP contribution < -0.4 is 0 Å². The zero-order valence-corrected chi connectivity index (χ0v) is 12.3. The molecule has 0 aliphatic heterocycles. The lowest BCUT2D eigenvalue weighted by atomic mass is 10.1. The molecule has 2 nitrogen and oxygen atoms in total. The predicted molar refractivity (Wildman–Crippen MR) is 77.6 cm³/mol. The molecule has 2 aromatic rings. The highest BCUT2D eigenvalue weighted by molar-refractivity contribution is 7.18. The van der Waals surface area contributed by atoms with Crippen LogP contribution in [0.5, 0.6) is 0 Å². The van der Waals surface area contributed by atoms with Gasteiger partial charge < -0.3 is 0 Å². The van der Waals surface area contributed by atoms with Crippen molar-refractivity contribution in [2.24, 2.45) is 5.92 Å². The number of rotatable bonds is 2. The van der Waals surface area contributed by atoms with Crippen molar-refractivity contribution in [3.63, 3.8) is 0 Å². The quantitative estimate of drug-likeness (QED) is 0.738. The first-order chi connectivity index (χ1) is 8.67. The Morgan fingerprint density at radius 3 is 2.89 bits per heavy atom. The van der Waals surface area contributed by atoms with Crippen molar-refractivity contribution in [2.45, 2.75) is 45.4 Å². The Bertz CT molecular complexity index is 578. The number of halogens is 1. The van der Waals surface area contributed by atoms with Crippen molar-refractivity contribution in [3.8, 4) is 0 Å². The van der Waals surface area contributed by atoms with E-state index in [0.29, 0.717) is 11.1 Å². The van der Waals surface area contributed by atoms with Crippen molar-refractivity contribution in [1.82, 2.24) is 9.97 Å². The van der Waals surface area contributed by atoms with Crippen LogP contribution >= 0.6 is 22.9 Å². The molecule has 1 fully saturated rings. The summed E-state index contributed by atoms with van der Waals surface area (Å²) in [6.07, 6.45) is 4.73. The average molecular weight is 281 g/mol. The third kappa shape index (κ3) is 2.14. The number of hydrogen-bond acceptors (Lipinski definition) is 3. The van der Waals surface area contributed by atoms with Crippen LogP contribution in [0.4, 0.5) is 0 Å². The summed E-state index contributed by atoms with van der Waals surface area (Å²) in [5.74, 6) is 2.26.